The summed E-state index contributed by atoms with van der Waals surface area (Å²) in [6.07, 6.45) is 3.39. The topological polar surface area (TPSA) is 118 Å². The molecule has 0 heterocycles. The predicted molar refractivity (Wildman–Crippen MR) is 70.1 cm³/mol. The third kappa shape index (κ3) is 5.45. The van der Waals surface area contributed by atoms with E-state index in [1.807, 2.05) is 0 Å². The lowest BCUT2D eigenvalue weighted by Crippen LogP contribution is -2.45. The fraction of sp³-hybridized carbons (Fsp3) is 0.900. The highest BCUT2D eigenvalue weighted by atomic mass is 32.2. The van der Waals surface area contributed by atoms with E-state index in [2.05, 4.69) is 4.72 Å². The largest absolute Gasteiger partial charge is 0.480 e. The van der Waals surface area contributed by atoms with Crippen molar-refractivity contribution in [1.29, 1.82) is 0 Å². The zero-order valence-corrected chi connectivity index (χ0v) is 12.3. The number of carboxylic acid groups (broad SMARTS) is 1. The van der Waals surface area contributed by atoms with Gasteiger partial charge in [0.25, 0.3) is 0 Å². The van der Waals surface area contributed by atoms with Crippen LogP contribution in [0.2, 0.25) is 0 Å². The van der Waals surface area contributed by atoms with E-state index in [1.165, 1.54) is 0 Å². The van der Waals surface area contributed by atoms with E-state index in [1.54, 1.807) is 0 Å². The minimum atomic E-state index is -3.70. The van der Waals surface area contributed by atoms with Crippen LogP contribution in [0.15, 0.2) is 0 Å². The van der Waals surface area contributed by atoms with Crippen LogP contribution in [0, 0.1) is 0 Å². The summed E-state index contributed by atoms with van der Waals surface area (Å²) in [7, 11) is -7.02. The van der Waals surface area contributed by atoms with Gasteiger partial charge in [0.15, 0.2) is 0 Å². The molecule has 9 heteroatoms. The lowest BCUT2D eigenvalue weighted by atomic mass is 10.2. The van der Waals surface area contributed by atoms with Crippen molar-refractivity contribution in [3.8, 4) is 0 Å². The summed E-state index contributed by atoms with van der Waals surface area (Å²) in [4.78, 5) is 11.0. The number of hydrogen-bond donors (Lipinski definition) is 2. The summed E-state index contributed by atoms with van der Waals surface area (Å²) in [5.74, 6) is -1.72. The molecular formula is C10H19NO6S2. The number of hydrogen-bond acceptors (Lipinski definition) is 5. The zero-order valence-electron chi connectivity index (χ0n) is 10.7. The Morgan fingerprint density at radius 3 is 2.21 bits per heavy atom. The van der Waals surface area contributed by atoms with Crippen molar-refractivity contribution < 1.29 is 26.7 Å². The van der Waals surface area contributed by atoms with E-state index in [0.717, 1.165) is 19.1 Å². The van der Waals surface area contributed by atoms with Crippen LogP contribution >= 0.6 is 0 Å². The molecule has 0 saturated heterocycles. The first-order chi connectivity index (χ1) is 8.62. The fourth-order valence-corrected chi connectivity index (χ4v) is 4.48. The van der Waals surface area contributed by atoms with Gasteiger partial charge in [-0.1, -0.05) is 12.8 Å². The Kier molecular flexibility index (Phi) is 5.34. The summed E-state index contributed by atoms with van der Waals surface area (Å²) in [5.41, 5.74) is 0. The second-order valence-electron chi connectivity index (χ2n) is 4.88. The minimum absolute atomic E-state index is 0.264. The standard InChI is InChI=1S/C10H19NO6S2/c1-18(14,15)7-6-9(10(12)13)11-19(16,17)8-4-2-3-5-8/h8-9,11H,2-7H2,1H3,(H,12,13). The molecule has 0 aromatic heterocycles. The Balaban J connectivity index is 2.70. The predicted octanol–water partition coefficient (Wildman–Crippen LogP) is -0.264. The molecule has 7 nitrogen and oxygen atoms in total. The first-order valence-electron chi connectivity index (χ1n) is 6.03. The third-order valence-electron chi connectivity index (χ3n) is 3.12. The zero-order chi connectivity index (χ0) is 14.7. The number of sulfone groups is 1. The van der Waals surface area contributed by atoms with Crippen LogP contribution in [-0.2, 0) is 24.7 Å². The van der Waals surface area contributed by atoms with Gasteiger partial charge in [-0.3, -0.25) is 4.79 Å². The minimum Gasteiger partial charge on any atom is -0.480 e. The van der Waals surface area contributed by atoms with Gasteiger partial charge in [-0.2, -0.15) is 0 Å². The lowest BCUT2D eigenvalue weighted by Gasteiger charge is -2.17. The molecule has 1 saturated carbocycles. The van der Waals surface area contributed by atoms with Crippen LogP contribution in [-0.4, -0.2) is 51.2 Å². The molecule has 1 aliphatic rings. The summed E-state index contributed by atoms with van der Waals surface area (Å²) >= 11 is 0. The molecule has 1 fully saturated rings. The van der Waals surface area contributed by atoms with Crippen LogP contribution in [0.3, 0.4) is 0 Å². The number of carbonyl (C=O) groups is 1. The van der Waals surface area contributed by atoms with Crippen molar-refractivity contribution in [2.45, 2.75) is 43.4 Å². The van der Waals surface area contributed by atoms with Crippen molar-refractivity contribution in [3.05, 3.63) is 0 Å². The molecule has 0 aliphatic heterocycles. The lowest BCUT2D eigenvalue weighted by molar-refractivity contribution is -0.139. The average Bonchev–Trinajstić information content (AvgIpc) is 2.76. The molecule has 0 aromatic carbocycles. The quantitative estimate of drug-likeness (QED) is 0.668. The highest BCUT2D eigenvalue weighted by Crippen LogP contribution is 2.24. The van der Waals surface area contributed by atoms with Gasteiger partial charge in [-0.05, 0) is 19.3 Å². The van der Waals surface area contributed by atoms with Gasteiger partial charge in [0.1, 0.15) is 15.9 Å². The van der Waals surface area contributed by atoms with E-state index < -0.39 is 37.1 Å². The van der Waals surface area contributed by atoms with E-state index in [-0.39, 0.29) is 12.2 Å². The maximum atomic E-state index is 11.9. The Bertz CT molecular complexity index is 518. The van der Waals surface area contributed by atoms with E-state index in [0.29, 0.717) is 12.8 Å². The first-order valence-corrected chi connectivity index (χ1v) is 9.64. The van der Waals surface area contributed by atoms with Gasteiger partial charge in [0.2, 0.25) is 10.0 Å². The van der Waals surface area contributed by atoms with Crippen molar-refractivity contribution in [2.24, 2.45) is 0 Å². The van der Waals surface area contributed by atoms with Crippen LogP contribution in [0.25, 0.3) is 0 Å². The number of nitrogens with one attached hydrogen (secondary N) is 1. The molecule has 0 spiro atoms. The molecule has 112 valence electrons. The van der Waals surface area contributed by atoms with Crippen molar-refractivity contribution >= 4 is 25.8 Å². The van der Waals surface area contributed by atoms with Gasteiger partial charge in [0, 0.05) is 6.26 Å². The average molecular weight is 313 g/mol. The highest BCUT2D eigenvalue weighted by Gasteiger charge is 2.33. The summed E-state index contributed by atoms with van der Waals surface area (Å²) < 4.78 is 48.0. The van der Waals surface area contributed by atoms with Crippen LogP contribution < -0.4 is 4.72 Å². The number of carboxylic acids is 1. The van der Waals surface area contributed by atoms with Crippen molar-refractivity contribution in [3.63, 3.8) is 0 Å². The van der Waals surface area contributed by atoms with Crippen LogP contribution in [0.4, 0.5) is 0 Å². The van der Waals surface area contributed by atoms with E-state index in [9.17, 15) is 21.6 Å². The maximum absolute atomic E-state index is 11.9. The van der Waals surface area contributed by atoms with Crippen LogP contribution in [0.1, 0.15) is 32.1 Å². The molecular weight excluding hydrogens is 294 g/mol. The van der Waals surface area contributed by atoms with E-state index in [4.69, 9.17) is 5.11 Å². The first kappa shape index (κ1) is 16.4. The Labute approximate surface area is 113 Å². The van der Waals surface area contributed by atoms with Crippen molar-refractivity contribution in [1.82, 2.24) is 4.72 Å². The van der Waals surface area contributed by atoms with Gasteiger partial charge in [-0.25, -0.2) is 21.6 Å². The molecule has 0 bridgehead atoms. The van der Waals surface area contributed by atoms with Gasteiger partial charge in [0.05, 0.1) is 11.0 Å². The SMILES string of the molecule is CS(=O)(=O)CCC(NS(=O)(=O)C1CCCC1)C(=O)O. The second-order valence-corrected chi connectivity index (χ2v) is 9.13. The molecule has 19 heavy (non-hydrogen) atoms. The molecule has 1 rings (SSSR count). The summed E-state index contributed by atoms with van der Waals surface area (Å²) in [6.45, 7) is 0. The Morgan fingerprint density at radius 2 is 1.79 bits per heavy atom. The second kappa shape index (κ2) is 6.19. The van der Waals surface area contributed by atoms with Gasteiger partial charge in [-0.15, -0.1) is 0 Å². The summed E-state index contributed by atoms with van der Waals surface area (Å²) in [5, 5.41) is 8.39. The molecule has 0 amide bonds. The Morgan fingerprint density at radius 1 is 1.26 bits per heavy atom. The molecule has 0 radical (unpaired) electrons. The van der Waals surface area contributed by atoms with E-state index >= 15 is 0 Å². The molecule has 1 unspecified atom stereocenters. The molecule has 1 aliphatic carbocycles. The van der Waals surface area contributed by atoms with Crippen molar-refractivity contribution in [2.75, 3.05) is 12.0 Å². The van der Waals surface area contributed by atoms with Crippen LogP contribution in [0.5, 0.6) is 0 Å². The number of sulfonamides is 1. The van der Waals surface area contributed by atoms with Gasteiger partial charge >= 0.3 is 5.97 Å². The number of rotatable bonds is 7. The Hall–Kier alpha value is -0.670. The normalized spacial score (nSPS) is 19.4. The maximum Gasteiger partial charge on any atom is 0.321 e. The highest BCUT2D eigenvalue weighted by molar-refractivity contribution is 7.90. The smallest absolute Gasteiger partial charge is 0.321 e. The van der Waals surface area contributed by atoms with Gasteiger partial charge < -0.3 is 5.11 Å². The number of aliphatic carboxylic acids is 1. The summed E-state index contributed by atoms with van der Waals surface area (Å²) in [6, 6.07) is -1.39. The fourth-order valence-electron chi connectivity index (χ4n) is 2.06. The third-order valence-corrected chi connectivity index (χ3v) is 6.06. The molecule has 1 atom stereocenters. The molecule has 0 aromatic rings. The molecule has 2 N–H and O–H groups in total. The monoisotopic (exact) mass is 313 g/mol.